The van der Waals surface area contributed by atoms with Gasteiger partial charge >= 0.3 is 24.2 Å². The molecule has 0 spiro atoms. The molecule has 0 aliphatic rings. The highest BCUT2D eigenvalue weighted by atomic mass is 16.7. The standard InChI is InChI=1S/C31H41NO10/c1-4-6-11-17-37-30(35)41-26-16-15-23(20-27(26)42-31(36)38-18-12-7-5-2)19-25(32)29(34)39-21-22(3)40-28(33)24-13-9-8-10-14-24/h8-10,13-16,20,22,25H,4-7,11-12,17-19,21,32H2,1-3H3/t22-,25-/m0/s1. The zero-order valence-corrected chi connectivity index (χ0v) is 24.5. The summed E-state index contributed by atoms with van der Waals surface area (Å²) in [7, 11) is 0. The van der Waals surface area contributed by atoms with E-state index in [0.29, 0.717) is 24.0 Å². The highest BCUT2D eigenvalue weighted by Gasteiger charge is 2.21. The average molecular weight is 588 g/mol. The van der Waals surface area contributed by atoms with Crippen LogP contribution in [0.3, 0.4) is 0 Å². The van der Waals surface area contributed by atoms with Crippen molar-refractivity contribution in [3.05, 3.63) is 59.7 Å². The van der Waals surface area contributed by atoms with Crippen LogP contribution >= 0.6 is 0 Å². The molecule has 11 heteroatoms. The largest absolute Gasteiger partial charge is 0.513 e. The van der Waals surface area contributed by atoms with Crippen molar-refractivity contribution in [1.82, 2.24) is 0 Å². The maximum absolute atomic E-state index is 12.5. The Balaban J connectivity index is 1.98. The molecule has 2 atom stereocenters. The molecule has 0 unspecified atom stereocenters. The lowest BCUT2D eigenvalue weighted by atomic mass is 10.1. The van der Waals surface area contributed by atoms with Crippen molar-refractivity contribution in [2.75, 3.05) is 19.8 Å². The minimum absolute atomic E-state index is 0.0146. The van der Waals surface area contributed by atoms with E-state index in [0.717, 1.165) is 25.7 Å². The van der Waals surface area contributed by atoms with Crippen molar-refractivity contribution in [3.63, 3.8) is 0 Å². The second-order valence-electron chi connectivity index (χ2n) is 9.62. The van der Waals surface area contributed by atoms with E-state index >= 15 is 0 Å². The van der Waals surface area contributed by atoms with Gasteiger partial charge in [-0.3, -0.25) is 4.79 Å². The Kier molecular flexibility index (Phi) is 15.5. The van der Waals surface area contributed by atoms with E-state index in [9.17, 15) is 19.2 Å². The zero-order chi connectivity index (χ0) is 30.7. The van der Waals surface area contributed by atoms with Gasteiger partial charge in [-0.05, 0) is 56.0 Å². The molecule has 0 fully saturated rings. The minimum Gasteiger partial charge on any atom is -0.461 e. The molecule has 2 aromatic rings. The molecule has 0 heterocycles. The number of nitrogens with two attached hydrogens (primary N) is 1. The van der Waals surface area contributed by atoms with Gasteiger partial charge in [-0.2, -0.15) is 0 Å². The second-order valence-corrected chi connectivity index (χ2v) is 9.62. The van der Waals surface area contributed by atoms with Crippen molar-refractivity contribution in [3.8, 4) is 11.5 Å². The van der Waals surface area contributed by atoms with Crippen molar-refractivity contribution < 1.29 is 47.6 Å². The number of unbranched alkanes of at least 4 members (excludes halogenated alkanes) is 4. The van der Waals surface area contributed by atoms with Crippen molar-refractivity contribution in [1.29, 1.82) is 0 Å². The fourth-order valence-corrected chi connectivity index (χ4v) is 3.60. The third kappa shape index (κ3) is 13.0. The number of hydrogen-bond donors (Lipinski definition) is 1. The molecular formula is C31H41NO10. The van der Waals surface area contributed by atoms with Gasteiger partial charge in [-0.15, -0.1) is 0 Å². The minimum atomic E-state index is -1.08. The number of hydrogen-bond acceptors (Lipinski definition) is 11. The molecule has 2 aromatic carbocycles. The van der Waals surface area contributed by atoms with E-state index in [-0.39, 0.29) is 37.7 Å². The smallest absolute Gasteiger partial charge is 0.461 e. The summed E-state index contributed by atoms with van der Waals surface area (Å²) in [4.78, 5) is 49.1. The lowest BCUT2D eigenvalue weighted by Crippen LogP contribution is -2.36. The summed E-state index contributed by atoms with van der Waals surface area (Å²) in [6, 6.07) is 11.8. The van der Waals surface area contributed by atoms with Crippen LogP contribution in [0.1, 0.15) is 75.2 Å². The Morgan fingerprint density at radius 3 is 1.95 bits per heavy atom. The molecule has 0 aliphatic heterocycles. The van der Waals surface area contributed by atoms with Crippen LogP contribution < -0.4 is 15.2 Å². The number of rotatable bonds is 17. The Morgan fingerprint density at radius 2 is 1.36 bits per heavy atom. The number of esters is 2. The molecule has 0 saturated heterocycles. The monoisotopic (exact) mass is 587 g/mol. The number of carbonyl (C=O) groups is 4. The molecule has 0 aliphatic carbocycles. The van der Waals surface area contributed by atoms with E-state index < -0.39 is 36.4 Å². The van der Waals surface area contributed by atoms with E-state index in [1.165, 1.54) is 12.1 Å². The van der Waals surface area contributed by atoms with Gasteiger partial charge in [-0.1, -0.05) is 63.8 Å². The van der Waals surface area contributed by atoms with Crippen molar-refractivity contribution in [2.45, 2.75) is 77.9 Å². The molecule has 0 bridgehead atoms. The van der Waals surface area contributed by atoms with Crippen molar-refractivity contribution >= 4 is 24.2 Å². The van der Waals surface area contributed by atoms with Gasteiger partial charge < -0.3 is 34.2 Å². The Morgan fingerprint density at radius 1 is 0.762 bits per heavy atom. The van der Waals surface area contributed by atoms with Crippen LogP contribution in [0.5, 0.6) is 11.5 Å². The first-order valence-corrected chi connectivity index (χ1v) is 14.2. The highest BCUT2D eigenvalue weighted by Crippen LogP contribution is 2.30. The average Bonchev–Trinajstić information content (AvgIpc) is 2.98. The predicted octanol–water partition coefficient (Wildman–Crippen LogP) is 5.76. The predicted molar refractivity (Wildman–Crippen MR) is 153 cm³/mol. The highest BCUT2D eigenvalue weighted by molar-refractivity contribution is 5.89. The van der Waals surface area contributed by atoms with Gasteiger partial charge in [0, 0.05) is 0 Å². The maximum Gasteiger partial charge on any atom is 0.513 e. The van der Waals surface area contributed by atoms with Crippen LogP contribution in [0.25, 0.3) is 0 Å². The van der Waals surface area contributed by atoms with Crippen LogP contribution in [0, 0.1) is 0 Å². The van der Waals surface area contributed by atoms with E-state index in [4.69, 9.17) is 34.2 Å². The Bertz CT molecular complexity index is 1140. The molecule has 0 saturated carbocycles. The van der Waals surface area contributed by atoms with Crippen LogP contribution in [0.4, 0.5) is 9.59 Å². The van der Waals surface area contributed by atoms with Crippen LogP contribution in [-0.4, -0.2) is 56.2 Å². The molecule has 0 amide bonds. The summed E-state index contributed by atoms with van der Waals surface area (Å²) in [5, 5.41) is 0. The number of benzene rings is 2. The van der Waals surface area contributed by atoms with Gasteiger partial charge in [0.15, 0.2) is 11.5 Å². The summed E-state index contributed by atoms with van der Waals surface area (Å²) in [5.74, 6) is -1.41. The first-order valence-electron chi connectivity index (χ1n) is 14.2. The third-order valence-electron chi connectivity index (χ3n) is 5.87. The summed E-state index contributed by atoms with van der Waals surface area (Å²) in [5.41, 5.74) is 6.93. The molecule has 0 aromatic heterocycles. The lowest BCUT2D eigenvalue weighted by Gasteiger charge is -2.17. The van der Waals surface area contributed by atoms with Crippen LogP contribution in [0.2, 0.25) is 0 Å². The van der Waals surface area contributed by atoms with Gasteiger partial charge in [-0.25, -0.2) is 14.4 Å². The van der Waals surface area contributed by atoms with Crippen molar-refractivity contribution in [2.24, 2.45) is 5.73 Å². The summed E-state index contributed by atoms with van der Waals surface area (Å²) in [6.07, 6.45) is 2.50. The molecule has 11 nitrogen and oxygen atoms in total. The Hall–Kier alpha value is -4.12. The molecule has 42 heavy (non-hydrogen) atoms. The topological polar surface area (TPSA) is 150 Å². The molecule has 230 valence electrons. The number of ether oxygens (including phenoxy) is 6. The van der Waals surface area contributed by atoms with Gasteiger partial charge in [0.1, 0.15) is 18.8 Å². The molecule has 2 N–H and O–H groups in total. The second kappa shape index (κ2) is 19.1. The Labute approximate surface area is 246 Å². The maximum atomic E-state index is 12.5. The normalized spacial score (nSPS) is 12.0. The summed E-state index contributed by atoms with van der Waals surface area (Å²) >= 11 is 0. The fraction of sp³-hybridized carbons (Fsp3) is 0.484. The van der Waals surface area contributed by atoms with Crippen LogP contribution in [-0.2, 0) is 30.2 Å². The third-order valence-corrected chi connectivity index (χ3v) is 5.87. The first kappa shape index (κ1) is 34.1. The first-order chi connectivity index (χ1) is 20.2. The van der Waals surface area contributed by atoms with E-state index in [2.05, 4.69) is 0 Å². The van der Waals surface area contributed by atoms with Crippen LogP contribution in [0.15, 0.2) is 48.5 Å². The van der Waals surface area contributed by atoms with Gasteiger partial charge in [0.25, 0.3) is 0 Å². The van der Waals surface area contributed by atoms with E-state index in [1.807, 2.05) is 13.8 Å². The SMILES string of the molecule is CCCCCOC(=O)Oc1ccc(C[C@H](N)C(=O)OC[C@H](C)OC(=O)c2ccccc2)cc1OC(=O)OCCCCC. The van der Waals surface area contributed by atoms with Gasteiger partial charge in [0.2, 0.25) is 0 Å². The summed E-state index contributed by atoms with van der Waals surface area (Å²) < 4.78 is 31.3. The van der Waals surface area contributed by atoms with Gasteiger partial charge in [0.05, 0.1) is 18.8 Å². The summed E-state index contributed by atoms with van der Waals surface area (Å²) in [6.45, 7) is 5.84. The molecule has 0 radical (unpaired) electrons. The van der Waals surface area contributed by atoms with E-state index in [1.54, 1.807) is 43.3 Å². The molecule has 2 rings (SSSR count). The lowest BCUT2D eigenvalue weighted by molar-refractivity contribution is -0.148. The number of carbonyl (C=O) groups excluding carboxylic acids is 4. The zero-order valence-electron chi connectivity index (χ0n) is 24.5. The quantitative estimate of drug-likeness (QED) is 0.104. The fourth-order valence-electron chi connectivity index (χ4n) is 3.60. The molecular weight excluding hydrogens is 546 g/mol.